The van der Waals surface area contributed by atoms with Crippen molar-refractivity contribution in [1.82, 2.24) is 0 Å². The smallest absolute Gasteiger partial charge is 0.306 e. The van der Waals surface area contributed by atoms with Gasteiger partial charge in [-0.05, 0) is 27.7 Å². The molecule has 0 atom stereocenters. The number of carbonyl (C=O) groups excluding carboxylic acids is 2. The Bertz CT molecular complexity index is 307. The standard InChI is InChI=1S/C13H25NO5/c1-12(2,8-9-18-13(3,4)14)19-11(16)7-6-10(15)17-5/h6-9,14H2,1-5H3. The lowest BCUT2D eigenvalue weighted by Crippen LogP contribution is -2.38. The molecule has 0 unspecified atom stereocenters. The van der Waals surface area contributed by atoms with Crippen LogP contribution in [0.2, 0.25) is 0 Å². The summed E-state index contributed by atoms with van der Waals surface area (Å²) >= 11 is 0. The van der Waals surface area contributed by atoms with E-state index in [9.17, 15) is 9.59 Å². The van der Waals surface area contributed by atoms with Crippen molar-refractivity contribution in [2.24, 2.45) is 5.73 Å². The fourth-order valence-corrected chi connectivity index (χ4v) is 1.28. The minimum atomic E-state index is -0.703. The van der Waals surface area contributed by atoms with Crippen LogP contribution >= 0.6 is 0 Å². The molecule has 0 aromatic rings. The van der Waals surface area contributed by atoms with Crippen molar-refractivity contribution < 1.29 is 23.8 Å². The number of ether oxygens (including phenoxy) is 3. The number of hydrogen-bond donors (Lipinski definition) is 1. The molecule has 0 rings (SSSR count). The summed E-state index contributed by atoms with van der Waals surface area (Å²) in [6, 6.07) is 0. The normalized spacial score (nSPS) is 12.1. The second-order valence-corrected chi connectivity index (χ2v) is 5.51. The molecule has 0 aliphatic rings. The van der Waals surface area contributed by atoms with E-state index in [1.165, 1.54) is 7.11 Å². The maximum absolute atomic E-state index is 11.5. The molecule has 112 valence electrons. The second kappa shape index (κ2) is 7.45. The van der Waals surface area contributed by atoms with E-state index >= 15 is 0 Å². The second-order valence-electron chi connectivity index (χ2n) is 5.51. The summed E-state index contributed by atoms with van der Waals surface area (Å²) in [4.78, 5) is 22.4. The summed E-state index contributed by atoms with van der Waals surface area (Å²) in [6.45, 7) is 7.47. The van der Waals surface area contributed by atoms with E-state index in [1.54, 1.807) is 27.7 Å². The Morgan fingerprint density at radius 2 is 1.58 bits per heavy atom. The Labute approximate surface area is 114 Å². The molecular weight excluding hydrogens is 250 g/mol. The summed E-state index contributed by atoms with van der Waals surface area (Å²) < 4.78 is 15.1. The lowest BCUT2D eigenvalue weighted by Gasteiger charge is -2.27. The molecule has 0 bridgehead atoms. The summed E-state index contributed by atoms with van der Waals surface area (Å²) in [5.74, 6) is -0.856. The molecule has 0 aromatic carbocycles. The first kappa shape index (κ1) is 17.9. The third kappa shape index (κ3) is 10.5. The zero-order chi connectivity index (χ0) is 15.1. The summed E-state index contributed by atoms with van der Waals surface area (Å²) in [6.07, 6.45) is 0.564. The van der Waals surface area contributed by atoms with Gasteiger partial charge in [0.25, 0.3) is 0 Å². The van der Waals surface area contributed by atoms with Gasteiger partial charge in [0.05, 0.1) is 26.6 Å². The van der Waals surface area contributed by atoms with Crippen LogP contribution in [-0.4, -0.2) is 37.0 Å². The van der Waals surface area contributed by atoms with E-state index in [4.69, 9.17) is 15.2 Å². The molecule has 0 saturated heterocycles. The molecule has 0 radical (unpaired) electrons. The largest absolute Gasteiger partial charge is 0.469 e. The van der Waals surface area contributed by atoms with Gasteiger partial charge in [-0.1, -0.05) is 0 Å². The van der Waals surface area contributed by atoms with Crippen molar-refractivity contribution in [3.8, 4) is 0 Å². The molecule has 0 fully saturated rings. The van der Waals surface area contributed by atoms with Crippen LogP contribution in [-0.2, 0) is 23.8 Å². The molecular formula is C13H25NO5. The first-order valence-corrected chi connectivity index (χ1v) is 6.27. The van der Waals surface area contributed by atoms with E-state index in [0.29, 0.717) is 13.0 Å². The predicted octanol–water partition coefficient (Wildman–Crippen LogP) is 1.36. The van der Waals surface area contributed by atoms with E-state index in [0.717, 1.165) is 0 Å². The molecule has 0 amide bonds. The van der Waals surface area contributed by atoms with Crippen LogP contribution in [0.25, 0.3) is 0 Å². The average Bonchev–Trinajstić information content (AvgIpc) is 2.22. The molecule has 0 spiro atoms. The van der Waals surface area contributed by atoms with Crippen LogP contribution in [0.15, 0.2) is 0 Å². The molecule has 0 aromatic heterocycles. The lowest BCUT2D eigenvalue weighted by molar-refractivity contribution is -0.161. The SMILES string of the molecule is COC(=O)CCC(=O)OC(C)(C)CCOC(C)(C)N. The van der Waals surface area contributed by atoms with Gasteiger partial charge in [0.15, 0.2) is 0 Å². The number of esters is 2. The highest BCUT2D eigenvalue weighted by Gasteiger charge is 2.24. The predicted molar refractivity (Wildman–Crippen MR) is 70.3 cm³/mol. The lowest BCUT2D eigenvalue weighted by atomic mass is 10.1. The number of carbonyl (C=O) groups is 2. The zero-order valence-electron chi connectivity index (χ0n) is 12.4. The molecule has 0 heterocycles. The van der Waals surface area contributed by atoms with Gasteiger partial charge in [-0.15, -0.1) is 0 Å². The maximum atomic E-state index is 11.5. The van der Waals surface area contributed by atoms with Crippen LogP contribution in [0, 0.1) is 0 Å². The first-order valence-electron chi connectivity index (χ1n) is 6.27. The fraction of sp³-hybridized carbons (Fsp3) is 0.846. The molecule has 19 heavy (non-hydrogen) atoms. The van der Waals surface area contributed by atoms with Gasteiger partial charge in [-0.3, -0.25) is 9.59 Å². The minimum absolute atomic E-state index is 0.0132. The van der Waals surface area contributed by atoms with Crippen LogP contribution in [0.3, 0.4) is 0 Å². The third-order valence-corrected chi connectivity index (χ3v) is 2.33. The summed E-state index contributed by atoms with van der Waals surface area (Å²) in [7, 11) is 1.28. The number of methoxy groups -OCH3 is 1. The van der Waals surface area contributed by atoms with E-state index in [1.807, 2.05) is 0 Å². The van der Waals surface area contributed by atoms with Gasteiger partial charge < -0.3 is 19.9 Å². The van der Waals surface area contributed by atoms with Crippen molar-refractivity contribution in [2.45, 2.75) is 58.3 Å². The van der Waals surface area contributed by atoms with Crippen molar-refractivity contribution in [1.29, 1.82) is 0 Å². The van der Waals surface area contributed by atoms with Crippen molar-refractivity contribution >= 4 is 11.9 Å². The highest BCUT2D eigenvalue weighted by Crippen LogP contribution is 2.17. The van der Waals surface area contributed by atoms with Gasteiger partial charge in [-0.2, -0.15) is 0 Å². The van der Waals surface area contributed by atoms with E-state index in [2.05, 4.69) is 4.74 Å². The highest BCUT2D eigenvalue weighted by molar-refractivity contribution is 5.77. The minimum Gasteiger partial charge on any atom is -0.469 e. The quantitative estimate of drug-likeness (QED) is 0.531. The molecule has 2 N–H and O–H groups in total. The van der Waals surface area contributed by atoms with Crippen LogP contribution in [0.4, 0.5) is 0 Å². The van der Waals surface area contributed by atoms with E-state index in [-0.39, 0.29) is 12.8 Å². The van der Waals surface area contributed by atoms with Gasteiger partial charge in [0.1, 0.15) is 11.3 Å². The van der Waals surface area contributed by atoms with Crippen molar-refractivity contribution in [3.05, 3.63) is 0 Å². The molecule has 0 aliphatic heterocycles. The Balaban J connectivity index is 4.00. The van der Waals surface area contributed by atoms with E-state index < -0.39 is 23.3 Å². The Hall–Kier alpha value is -1.14. The Morgan fingerprint density at radius 3 is 2.05 bits per heavy atom. The van der Waals surface area contributed by atoms with Crippen LogP contribution in [0.1, 0.15) is 47.0 Å². The molecule has 0 aliphatic carbocycles. The van der Waals surface area contributed by atoms with Crippen LogP contribution < -0.4 is 5.73 Å². The number of rotatable bonds is 8. The Kier molecular flexibility index (Phi) is 7.00. The first-order chi connectivity index (χ1) is 8.56. The van der Waals surface area contributed by atoms with Crippen LogP contribution in [0.5, 0.6) is 0 Å². The van der Waals surface area contributed by atoms with Gasteiger partial charge >= 0.3 is 11.9 Å². The van der Waals surface area contributed by atoms with Gasteiger partial charge in [-0.25, -0.2) is 0 Å². The molecule has 6 heteroatoms. The van der Waals surface area contributed by atoms with Crippen molar-refractivity contribution in [2.75, 3.05) is 13.7 Å². The van der Waals surface area contributed by atoms with Crippen molar-refractivity contribution in [3.63, 3.8) is 0 Å². The maximum Gasteiger partial charge on any atom is 0.306 e. The number of hydrogen-bond acceptors (Lipinski definition) is 6. The van der Waals surface area contributed by atoms with Gasteiger partial charge in [0.2, 0.25) is 0 Å². The third-order valence-electron chi connectivity index (χ3n) is 2.33. The fourth-order valence-electron chi connectivity index (χ4n) is 1.28. The zero-order valence-corrected chi connectivity index (χ0v) is 12.4. The average molecular weight is 275 g/mol. The van der Waals surface area contributed by atoms with Gasteiger partial charge in [0, 0.05) is 6.42 Å². The molecule has 0 saturated carbocycles. The summed E-state index contributed by atoms with van der Waals surface area (Å²) in [5, 5.41) is 0. The number of nitrogens with two attached hydrogens (primary N) is 1. The topological polar surface area (TPSA) is 87.9 Å². The monoisotopic (exact) mass is 275 g/mol. The summed E-state index contributed by atoms with van der Waals surface area (Å²) in [5.41, 5.74) is 4.32. The highest BCUT2D eigenvalue weighted by atomic mass is 16.6. The Morgan fingerprint density at radius 1 is 1.05 bits per heavy atom. The molecule has 6 nitrogen and oxygen atoms in total.